The topological polar surface area (TPSA) is 65.1 Å². The molecule has 1 saturated heterocycles. The number of ketones is 1. The zero-order valence-electron chi connectivity index (χ0n) is 18.5. The molecule has 164 valence electrons. The lowest BCUT2D eigenvalue weighted by atomic mass is 9.73. The van der Waals surface area contributed by atoms with E-state index in [1.165, 1.54) is 18.2 Å². The molecule has 1 aliphatic carbocycles. The summed E-state index contributed by atoms with van der Waals surface area (Å²) in [5.74, 6) is 1.22. The summed E-state index contributed by atoms with van der Waals surface area (Å²) in [7, 11) is 2.99. The second kappa shape index (κ2) is 8.25. The minimum absolute atomic E-state index is 0.0379. The maximum absolute atomic E-state index is 12.6. The fourth-order valence-corrected chi connectivity index (χ4v) is 4.87. The molecule has 0 radical (unpaired) electrons. The number of Topliss-reactive ketones (excluding diaryl/α,β-unsaturated/α-hetero) is 1. The molecule has 6 heteroatoms. The third-order valence-corrected chi connectivity index (χ3v) is 6.83. The summed E-state index contributed by atoms with van der Waals surface area (Å²) in [5.41, 5.74) is 2.90. The van der Waals surface area contributed by atoms with Crippen LogP contribution in [0.5, 0.6) is 11.5 Å². The van der Waals surface area contributed by atoms with E-state index >= 15 is 0 Å². The van der Waals surface area contributed by atoms with Crippen molar-refractivity contribution < 1.29 is 23.8 Å². The first-order valence-electron chi connectivity index (χ1n) is 10.6. The summed E-state index contributed by atoms with van der Waals surface area (Å²) in [6, 6.07) is 14.2. The Bertz CT molecular complexity index is 978. The molecule has 1 heterocycles. The second-order valence-electron chi connectivity index (χ2n) is 8.70. The molecule has 2 aliphatic rings. The Labute approximate surface area is 183 Å². The van der Waals surface area contributed by atoms with Crippen molar-refractivity contribution in [1.82, 2.24) is 4.90 Å². The van der Waals surface area contributed by atoms with Gasteiger partial charge in [0.25, 0.3) is 0 Å². The van der Waals surface area contributed by atoms with Gasteiger partial charge in [0.05, 0.1) is 19.6 Å². The van der Waals surface area contributed by atoms with Crippen molar-refractivity contribution in [2.75, 3.05) is 27.3 Å². The number of nitrogens with zero attached hydrogens (tertiary/aromatic N) is 1. The Kier molecular flexibility index (Phi) is 5.65. The van der Waals surface area contributed by atoms with Crippen LogP contribution in [-0.2, 0) is 22.4 Å². The quantitative estimate of drug-likeness (QED) is 0.727. The average molecular weight is 424 g/mol. The van der Waals surface area contributed by atoms with Crippen LogP contribution in [0.1, 0.15) is 36.5 Å². The lowest BCUT2D eigenvalue weighted by molar-refractivity contribution is -0.125. The molecule has 0 spiro atoms. The van der Waals surface area contributed by atoms with Gasteiger partial charge < -0.3 is 19.1 Å². The van der Waals surface area contributed by atoms with Gasteiger partial charge >= 0.3 is 6.09 Å². The van der Waals surface area contributed by atoms with Gasteiger partial charge in [0.2, 0.25) is 0 Å². The fourth-order valence-electron chi connectivity index (χ4n) is 4.87. The van der Waals surface area contributed by atoms with Crippen molar-refractivity contribution in [3.63, 3.8) is 0 Å². The summed E-state index contributed by atoms with van der Waals surface area (Å²) in [6.07, 6.45) is 1.34. The van der Waals surface area contributed by atoms with Crippen molar-refractivity contribution in [1.29, 1.82) is 0 Å². The molecule has 6 nitrogen and oxygen atoms in total. The Balaban J connectivity index is 1.62. The molecule has 0 saturated carbocycles. The molecule has 1 aliphatic heterocycles. The Hall–Kier alpha value is -3.02. The van der Waals surface area contributed by atoms with Crippen LogP contribution >= 0.6 is 0 Å². The number of hydrogen-bond acceptors (Lipinski definition) is 5. The smallest absolute Gasteiger partial charge is 0.409 e. The van der Waals surface area contributed by atoms with Crippen LogP contribution in [0.3, 0.4) is 0 Å². The van der Waals surface area contributed by atoms with Crippen LogP contribution in [-0.4, -0.2) is 50.2 Å². The molecule has 2 aromatic rings. The van der Waals surface area contributed by atoms with E-state index in [1.807, 2.05) is 25.1 Å². The number of methoxy groups -OCH3 is 2. The molecule has 0 aromatic heterocycles. The minimum Gasteiger partial charge on any atom is -0.493 e. The summed E-state index contributed by atoms with van der Waals surface area (Å²) >= 11 is 0. The van der Waals surface area contributed by atoms with E-state index in [0.717, 1.165) is 18.4 Å². The van der Waals surface area contributed by atoms with E-state index in [0.29, 0.717) is 24.6 Å². The standard InChI is InChI=1S/C25H29NO5/c1-16(27)25(2)15-26(24(28)30-4)14-21(25)19-9-10-22(29-3)23(13-19)31-20-11-17-7-5-6-8-18(17)12-20/h5-10,13,20-21H,11-12,14-15H2,1-4H3/t21-,25-/m1/s1. The van der Waals surface area contributed by atoms with Crippen molar-refractivity contribution in [3.05, 3.63) is 59.2 Å². The van der Waals surface area contributed by atoms with Crippen LogP contribution in [0.4, 0.5) is 4.79 Å². The second-order valence-corrected chi connectivity index (χ2v) is 8.70. The molecule has 1 amide bonds. The van der Waals surface area contributed by atoms with Crippen molar-refractivity contribution in [2.45, 2.75) is 38.7 Å². The lowest BCUT2D eigenvalue weighted by Gasteiger charge is -2.28. The lowest BCUT2D eigenvalue weighted by Crippen LogP contribution is -2.35. The van der Waals surface area contributed by atoms with Gasteiger partial charge in [-0.05, 0) is 35.7 Å². The Morgan fingerprint density at radius 1 is 1.03 bits per heavy atom. The molecule has 31 heavy (non-hydrogen) atoms. The molecular formula is C25H29NO5. The fraction of sp³-hybridized carbons (Fsp3) is 0.440. The molecule has 1 fully saturated rings. The van der Waals surface area contributed by atoms with Gasteiger partial charge in [-0.3, -0.25) is 4.79 Å². The van der Waals surface area contributed by atoms with Crippen LogP contribution in [0, 0.1) is 5.41 Å². The van der Waals surface area contributed by atoms with Crippen LogP contribution < -0.4 is 9.47 Å². The minimum atomic E-state index is -0.691. The highest BCUT2D eigenvalue weighted by molar-refractivity contribution is 5.85. The van der Waals surface area contributed by atoms with Crippen LogP contribution in [0.25, 0.3) is 0 Å². The van der Waals surface area contributed by atoms with E-state index < -0.39 is 11.5 Å². The van der Waals surface area contributed by atoms with Gasteiger partial charge in [0, 0.05) is 31.8 Å². The van der Waals surface area contributed by atoms with Crippen molar-refractivity contribution in [2.24, 2.45) is 5.41 Å². The number of ether oxygens (including phenoxy) is 3. The van der Waals surface area contributed by atoms with Gasteiger partial charge in [0.15, 0.2) is 11.5 Å². The molecular weight excluding hydrogens is 394 g/mol. The summed E-state index contributed by atoms with van der Waals surface area (Å²) < 4.78 is 16.8. The highest BCUT2D eigenvalue weighted by Gasteiger charge is 2.49. The third-order valence-electron chi connectivity index (χ3n) is 6.83. The van der Waals surface area contributed by atoms with Crippen molar-refractivity contribution >= 4 is 11.9 Å². The first-order chi connectivity index (χ1) is 14.9. The zero-order chi connectivity index (χ0) is 22.2. The normalized spacial score (nSPS) is 22.8. The van der Waals surface area contributed by atoms with E-state index in [2.05, 4.69) is 24.3 Å². The number of benzene rings is 2. The highest BCUT2D eigenvalue weighted by Crippen LogP contribution is 2.45. The van der Waals surface area contributed by atoms with E-state index in [1.54, 1.807) is 18.9 Å². The molecule has 4 rings (SSSR count). The highest BCUT2D eigenvalue weighted by atomic mass is 16.5. The zero-order valence-corrected chi connectivity index (χ0v) is 18.5. The molecule has 2 aromatic carbocycles. The summed E-state index contributed by atoms with van der Waals surface area (Å²) in [6.45, 7) is 4.26. The number of hydrogen-bond donors (Lipinski definition) is 0. The average Bonchev–Trinajstić information content (AvgIpc) is 3.34. The van der Waals surface area contributed by atoms with Gasteiger partial charge in [-0.1, -0.05) is 37.3 Å². The van der Waals surface area contributed by atoms with Crippen molar-refractivity contribution in [3.8, 4) is 11.5 Å². The predicted octanol–water partition coefficient (Wildman–Crippen LogP) is 4.00. The number of carbonyl (C=O) groups is 2. The number of fused-ring (bicyclic) bond motifs is 1. The third kappa shape index (κ3) is 3.87. The number of likely N-dealkylation sites (tertiary alicyclic amines) is 1. The Morgan fingerprint density at radius 2 is 1.71 bits per heavy atom. The van der Waals surface area contributed by atoms with Gasteiger partial charge in [-0.25, -0.2) is 4.79 Å². The number of carbonyl (C=O) groups excluding carboxylic acids is 2. The first-order valence-corrected chi connectivity index (χ1v) is 10.6. The Morgan fingerprint density at radius 3 is 2.29 bits per heavy atom. The van der Waals surface area contributed by atoms with E-state index in [-0.39, 0.29) is 17.8 Å². The maximum atomic E-state index is 12.6. The van der Waals surface area contributed by atoms with Crippen LogP contribution in [0.15, 0.2) is 42.5 Å². The maximum Gasteiger partial charge on any atom is 0.409 e. The first kappa shape index (κ1) is 21.2. The molecule has 0 unspecified atom stereocenters. The predicted molar refractivity (Wildman–Crippen MR) is 117 cm³/mol. The van der Waals surface area contributed by atoms with Crippen LogP contribution in [0.2, 0.25) is 0 Å². The van der Waals surface area contributed by atoms with E-state index in [4.69, 9.17) is 14.2 Å². The number of amides is 1. The summed E-state index contributed by atoms with van der Waals surface area (Å²) in [4.78, 5) is 26.3. The molecule has 0 bridgehead atoms. The summed E-state index contributed by atoms with van der Waals surface area (Å²) in [5, 5.41) is 0. The van der Waals surface area contributed by atoms with Gasteiger partial charge in [-0.2, -0.15) is 0 Å². The van der Waals surface area contributed by atoms with Gasteiger partial charge in [0.1, 0.15) is 11.9 Å². The van der Waals surface area contributed by atoms with E-state index in [9.17, 15) is 9.59 Å². The number of rotatable bonds is 5. The monoisotopic (exact) mass is 423 g/mol. The largest absolute Gasteiger partial charge is 0.493 e. The van der Waals surface area contributed by atoms with Gasteiger partial charge in [-0.15, -0.1) is 0 Å². The SMILES string of the molecule is COC(=O)N1C[C@H](c2ccc(OC)c(OC3Cc4ccccc4C3)c2)[C@@](C)(C(C)=O)C1. The molecule has 2 atom stereocenters. The molecule has 0 N–H and O–H groups in total.